The van der Waals surface area contributed by atoms with Crippen LogP contribution in [0, 0.1) is 0 Å². The van der Waals surface area contributed by atoms with Crippen LogP contribution in [0.5, 0.6) is 5.75 Å². The third kappa shape index (κ3) is 5.83. The molecule has 7 nitrogen and oxygen atoms in total. The molecule has 2 heterocycles. The summed E-state index contributed by atoms with van der Waals surface area (Å²) < 4.78 is 16.8. The number of amides is 2. The summed E-state index contributed by atoms with van der Waals surface area (Å²) in [5, 5.41) is 5.93. The average Bonchev–Trinajstić information content (AvgIpc) is 3.25. The molecule has 0 bridgehead atoms. The standard InChI is InChI=1S/C21H33N3O4/c1-3-21(2,24-9-12-26-13-10-24)16-22-20(25)23-17-6-4-7-18(14-17)28-15-19-8-5-11-27-19/h4,6-7,14,19H,3,5,8-13,15-16H2,1-2H3,(H2,22,23,25)/t19-,21+/m1/s1. The van der Waals surface area contributed by atoms with Gasteiger partial charge in [-0.05, 0) is 38.3 Å². The molecule has 0 spiro atoms. The molecule has 1 aromatic carbocycles. The number of anilines is 1. The van der Waals surface area contributed by atoms with E-state index in [9.17, 15) is 4.79 Å². The highest BCUT2D eigenvalue weighted by Gasteiger charge is 2.31. The molecule has 28 heavy (non-hydrogen) atoms. The van der Waals surface area contributed by atoms with E-state index >= 15 is 0 Å². The number of hydrogen-bond donors (Lipinski definition) is 2. The maximum absolute atomic E-state index is 12.4. The number of nitrogens with zero attached hydrogens (tertiary/aromatic N) is 1. The Balaban J connectivity index is 1.47. The highest BCUT2D eigenvalue weighted by atomic mass is 16.5. The first kappa shape index (κ1) is 20.9. The Kier molecular flexibility index (Phi) is 7.53. The number of carbonyl (C=O) groups excluding carboxylic acids is 1. The van der Waals surface area contributed by atoms with Crippen LogP contribution in [-0.2, 0) is 9.47 Å². The van der Waals surface area contributed by atoms with Gasteiger partial charge < -0.3 is 24.8 Å². The summed E-state index contributed by atoms with van der Waals surface area (Å²) in [6.07, 6.45) is 3.27. The van der Waals surface area contributed by atoms with Crippen molar-refractivity contribution in [3.63, 3.8) is 0 Å². The Bertz CT molecular complexity index is 630. The fourth-order valence-electron chi connectivity index (χ4n) is 3.64. The van der Waals surface area contributed by atoms with Crippen molar-refractivity contribution in [3.05, 3.63) is 24.3 Å². The van der Waals surface area contributed by atoms with Gasteiger partial charge in [0, 0.05) is 43.5 Å². The number of morpholine rings is 1. The first-order valence-electron chi connectivity index (χ1n) is 10.3. The van der Waals surface area contributed by atoms with Crippen molar-refractivity contribution >= 4 is 11.7 Å². The van der Waals surface area contributed by atoms with E-state index in [2.05, 4.69) is 29.4 Å². The normalized spacial score (nSPS) is 22.4. The lowest BCUT2D eigenvalue weighted by Crippen LogP contribution is -2.57. The van der Waals surface area contributed by atoms with Gasteiger partial charge in [0.05, 0.1) is 19.3 Å². The third-order valence-corrected chi connectivity index (χ3v) is 5.72. The highest BCUT2D eigenvalue weighted by molar-refractivity contribution is 5.89. The van der Waals surface area contributed by atoms with Gasteiger partial charge in [-0.3, -0.25) is 4.90 Å². The molecule has 0 aromatic heterocycles. The second kappa shape index (κ2) is 10.1. The maximum Gasteiger partial charge on any atom is 0.319 e. The minimum atomic E-state index is -0.204. The van der Waals surface area contributed by atoms with Gasteiger partial charge in [-0.25, -0.2) is 4.79 Å². The number of carbonyl (C=O) groups is 1. The average molecular weight is 392 g/mol. The third-order valence-electron chi connectivity index (χ3n) is 5.72. The van der Waals surface area contributed by atoms with Gasteiger partial charge in [-0.1, -0.05) is 13.0 Å². The fourth-order valence-corrected chi connectivity index (χ4v) is 3.64. The van der Waals surface area contributed by atoms with Crippen molar-refractivity contribution in [1.82, 2.24) is 10.2 Å². The van der Waals surface area contributed by atoms with Crippen molar-refractivity contribution in [2.24, 2.45) is 0 Å². The second-order valence-electron chi connectivity index (χ2n) is 7.73. The molecule has 3 rings (SSSR count). The van der Waals surface area contributed by atoms with Gasteiger partial charge in [-0.15, -0.1) is 0 Å². The largest absolute Gasteiger partial charge is 0.491 e. The predicted octanol–water partition coefficient (Wildman–Crippen LogP) is 2.87. The van der Waals surface area contributed by atoms with E-state index in [1.54, 1.807) is 0 Å². The number of ether oxygens (including phenoxy) is 3. The predicted molar refractivity (Wildman–Crippen MR) is 109 cm³/mol. The molecule has 0 radical (unpaired) electrons. The van der Waals surface area contributed by atoms with Gasteiger partial charge in [0.25, 0.3) is 0 Å². The Morgan fingerprint density at radius 1 is 1.32 bits per heavy atom. The molecule has 1 aromatic rings. The lowest BCUT2D eigenvalue weighted by atomic mass is 9.95. The van der Waals surface area contributed by atoms with E-state index in [1.165, 1.54) is 0 Å². The van der Waals surface area contributed by atoms with Crippen molar-refractivity contribution in [1.29, 1.82) is 0 Å². The van der Waals surface area contributed by atoms with E-state index < -0.39 is 0 Å². The molecular formula is C21H33N3O4. The molecular weight excluding hydrogens is 358 g/mol. The maximum atomic E-state index is 12.4. The quantitative estimate of drug-likeness (QED) is 0.713. The van der Waals surface area contributed by atoms with E-state index in [0.29, 0.717) is 18.8 Å². The minimum Gasteiger partial charge on any atom is -0.491 e. The lowest BCUT2D eigenvalue weighted by molar-refractivity contribution is -0.0163. The number of nitrogens with one attached hydrogen (secondary N) is 2. The molecule has 0 aliphatic carbocycles. The van der Waals surface area contributed by atoms with Crippen LogP contribution < -0.4 is 15.4 Å². The van der Waals surface area contributed by atoms with Crippen LogP contribution in [0.3, 0.4) is 0 Å². The van der Waals surface area contributed by atoms with Gasteiger partial charge in [0.2, 0.25) is 0 Å². The number of hydrogen-bond acceptors (Lipinski definition) is 5. The first-order chi connectivity index (χ1) is 13.6. The Morgan fingerprint density at radius 3 is 2.86 bits per heavy atom. The molecule has 0 unspecified atom stereocenters. The Labute approximate surface area is 167 Å². The van der Waals surface area contributed by atoms with Gasteiger partial charge >= 0.3 is 6.03 Å². The molecule has 156 valence electrons. The van der Waals surface area contributed by atoms with Crippen LogP contribution in [0.1, 0.15) is 33.1 Å². The van der Waals surface area contributed by atoms with Gasteiger partial charge in [-0.2, -0.15) is 0 Å². The zero-order valence-electron chi connectivity index (χ0n) is 17.0. The summed E-state index contributed by atoms with van der Waals surface area (Å²) in [6.45, 7) is 9.60. The smallest absolute Gasteiger partial charge is 0.319 e. The molecule has 2 amide bonds. The number of urea groups is 1. The summed E-state index contributed by atoms with van der Waals surface area (Å²) in [4.78, 5) is 14.8. The minimum absolute atomic E-state index is 0.0760. The van der Waals surface area contributed by atoms with E-state index in [0.717, 1.165) is 57.9 Å². The second-order valence-corrected chi connectivity index (χ2v) is 7.73. The van der Waals surface area contributed by atoms with Crippen LogP contribution in [0.2, 0.25) is 0 Å². The zero-order chi connectivity index (χ0) is 19.8. The van der Waals surface area contributed by atoms with E-state index in [-0.39, 0.29) is 17.7 Å². The van der Waals surface area contributed by atoms with Crippen molar-refractivity contribution in [2.45, 2.75) is 44.8 Å². The molecule has 2 atom stereocenters. The Hall–Kier alpha value is -1.83. The summed E-state index contributed by atoms with van der Waals surface area (Å²) in [5.74, 6) is 0.736. The van der Waals surface area contributed by atoms with Crippen molar-refractivity contribution in [2.75, 3.05) is 51.4 Å². The highest BCUT2D eigenvalue weighted by Crippen LogP contribution is 2.21. The molecule has 0 saturated carbocycles. The van der Waals surface area contributed by atoms with Crippen LogP contribution >= 0.6 is 0 Å². The monoisotopic (exact) mass is 391 g/mol. The van der Waals surface area contributed by atoms with Crippen molar-refractivity contribution < 1.29 is 19.0 Å². The van der Waals surface area contributed by atoms with Gasteiger partial charge in [0.1, 0.15) is 12.4 Å². The molecule has 2 N–H and O–H groups in total. The fraction of sp³-hybridized carbons (Fsp3) is 0.667. The van der Waals surface area contributed by atoms with Crippen LogP contribution in [0.4, 0.5) is 10.5 Å². The summed E-state index contributed by atoms with van der Waals surface area (Å²) >= 11 is 0. The topological polar surface area (TPSA) is 72.1 Å². The van der Waals surface area contributed by atoms with Crippen LogP contribution in [-0.4, -0.2) is 68.6 Å². The Morgan fingerprint density at radius 2 is 2.14 bits per heavy atom. The number of benzene rings is 1. The molecule has 2 saturated heterocycles. The van der Waals surface area contributed by atoms with Crippen LogP contribution in [0.25, 0.3) is 0 Å². The molecule has 2 aliphatic heterocycles. The van der Waals surface area contributed by atoms with E-state index in [4.69, 9.17) is 14.2 Å². The van der Waals surface area contributed by atoms with E-state index in [1.807, 2.05) is 24.3 Å². The first-order valence-corrected chi connectivity index (χ1v) is 10.3. The molecule has 7 heteroatoms. The lowest BCUT2D eigenvalue weighted by Gasteiger charge is -2.43. The summed E-state index contributed by atoms with van der Waals surface area (Å²) in [5.41, 5.74) is 0.639. The summed E-state index contributed by atoms with van der Waals surface area (Å²) in [7, 11) is 0. The van der Waals surface area contributed by atoms with Crippen LogP contribution in [0.15, 0.2) is 24.3 Å². The zero-order valence-corrected chi connectivity index (χ0v) is 17.0. The number of rotatable bonds is 8. The molecule has 2 aliphatic rings. The SMILES string of the molecule is CC[C@@](C)(CNC(=O)Nc1cccc(OC[C@H]2CCCO2)c1)N1CCOCC1. The van der Waals surface area contributed by atoms with Gasteiger partial charge in [0.15, 0.2) is 0 Å². The molecule has 2 fully saturated rings. The van der Waals surface area contributed by atoms with Crippen molar-refractivity contribution in [3.8, 4) is 5.75 Å². The summed E-state index contributed by atoms with van der Waals surface area (Å²) in [6, 6.07) is 7.27.